The average Bonchev–Trinajstić information content (AvgIpc) is 4.02. The number of carbonyl (C=O) groups excluding carboxylic acids is 4. The smallest absolute Gasteiger partial charge is 0.427 e. The maximum atomic E-state index is 13.5. The second kappa shape index (κ2) is 19.0. The summed E-state index contributed by atoms with van der Waals surface area (Å²) in [5.41, 5.74) is 1.90. The van der Waals surface area contributed by atoms with Gasteiger partial charge in [-0.2, -0.15) is 13.2 Å². The predicted molar refractivity (Wildman–Crippen MR) is 216 cm³/mol. The van der Waals surface area contributed by atoms with Gasteiger partial charge in [-0.1, -0.05) is 44.2 Å². The van der Waals surface area contributed by atoms with Crippen LogP contribution in [-0.2, 0) is 29.1 Å². The van der Waals surface area contributed by atoms with Crippen molar-refractivity contribution in [1.29, 1.82) is 0 Å². The first-order valence-corrected chi connectivity index (χ1v) is 21.0. The SMILES string of the molecule is CC(C)(OC(N)=O)C(F)(F)F.CC1(S(=O)(=O)NC=O)CC1.CCOc1cnc(O[C@@H]2C[C@H]3C(=O)N[C@@H]4C[C@H]4/C=C\CC[C@@H](C)C[C@@H](C)CC(=O)N3C2)c2ccccc12.[HH].[HH].[HH]. The topological polar surface area (TPSA) is 196 Å². The van der Waals surface area contributed by atoms with E-state index in [1.807, 2.05) is 35.9 Å². The van der Waals surface area contributed by atoms with Crippen LogP contribution in [0.4, 0.5) is 18.0 Å². The Morgan fingerprint density at radius 3 is 2.38 bits per heavy atom. The first-order valence-electron chi connectivity index (χ1n) is 19.6. The van der Waals surface area contributed by atoms with Crippen molar-refractivity contribution in [2.45, 2.75) is 128 Å². The highest BCUT2D eigenvalue weighted by atomic mass is 32.2. The molecule has 0 unspecified atom stereocenters. The van der Waals surface area contributed by atoms with Crippen molar-refractivity contribution < 1.29 is 59.3 Å². The van der Waals surface area contributed by atoms with E-state index in [4.69, 9.17) is 9.47 Å². The number of pyridine rings is 1. The summed E-state index contributed by atoms with van der Waals surface area (Å²) >= 11 is 0. The quantitative estimate of drug-likeness (QED) is 0.191. The van der Waals surface area contributed by atoms with Crippen molar-refractivity contribution >= 4 is 45.1 Å². The molecule has 3 heterocycles. The maximum Gasteiger partial charge on any atom is 0.427 e. The molecule has 1 saturated heterocycles. The van der Waals surface area contributed by atoms with Gasteiger partial charge in [-0.25, -0.2) is 18.2 Å². The van der Waals surface area contributed by atoms with Crippen LogP contribution in [0.25, 0.3) is 10.8 Å². The number of ether oxygens (including phenoxy) is 3. The Kier molecular flexibility index (Phi) is 15.1. The van der Waals surface area contributed by atoms with Gasteiger partial charge in [-0.15, -0.1) is 0 Å². The van der Waals surface area contributed by atoms with Crippen molar-refractivity contribution in [2.24, 2.45) is 23.5 Å². The molecule has 2 saturated carbocycles. The molecular weight excluding hydrogens is 784 g/mol. The molecule has 2 aromatic rings. The molecule has 2 aliphatic heterocycles. The molecule has 58 heavy (non-hydrogen) atoms. The first-order chi connectivity index (χ1) is 27.1. The van der Waals surface area contributed by atoms with Crippen LogP contribution in [0.15, 0.2) is 42.6 Å². The maximum absolute atomic E-state index is 13.5. The number of carbonyl (C=O) groups is 4. The first kappa shape index (κ1) is 46.1. The van der Waals surface area contributed by atoms with Gasteiger partial charge in [0.25, 0.3) is 0 Å². The van der Waals surface area contributed by atoms with Crippen LogP contribution in [0, 0.1) is 17.8 Å². The van der Waals surface area contributed by atoms with Crippen molar-refractivity contribution in [3.8, 4) is 11.6 Å². The van der Waals surface area contributed by atoms with Gasteiger partial charge >= 0.3 is 12.3 Å². The lowest BCUT2D eigenvalue weighted by Crippen LogP contribution is -2.47. The molecule has 2 aliphatic carbocycles. The zero-order chi connectivity index (χ0) is 43.1. The number of sulfonamides is 1. The van der Waals surface area contributed by atoms with Crippen LogP contribution in [-0.4, -0.2) is 90.5 Å². The summed E-state index contributed by atoms with van der Waals surface area (Å²) in [6.45, 7) is 10.4. The van der Waals surface area contributed by atoms with Gasteiger partial charge in [0, 0.05) is 33.9 Å². The van der Waals surface area contributed by atoms with Crippen molar-refractivity contribution in [3.63, 3.8) is 0 Å². The number of allylic oxidation sites excluding steroid dienone is 1. The van der Waals surface area contributed by atoms with Gasteiger partial charge in [0.1, 0.15) is 17.9 Å². The minimum atomic E-state index is -4.60. The highest BCUT2D eigenvalue weighted by Gasteiger charge is 2.51. The number of amides is 4. The standard InChI is InChI=1S/C30H39N3O4.C5H8F3NO2.C5H9NO3S.3H2/c1-4-36-27-17-31-30(24-12-8-7-11-23(24)27)37-22-16-26-29(35)32-25-15-21(25)10-6-5-9-19(2)13-20(3)14-28(34)33(26)18-22;1-4(2,5(6,7)8)11-3(9)10;1-5(2-3-5)10(8,9)6-4-7;;;/h6-8,10-12,17,19-22,25-26H,4-5,9,13-16,18H2,1-3H3,(H,32,35);1-2H3,(H2,9,10);4H,2-3H2,1H3,(H,6,7);3*1H/b10-6-;;;;;/t19-,20-,21-,22-,25-,26+;;;;;/m1...../s1. The summed E-state index contributed by atoms with van der Waals surface area (Å²) in [6.07, 6.45) is 6.45. The molecule has 1 aromatic heterocycles. The molecule has 6 rings (SSSR count). The van der Waals surface area contributed by atoms with Crippen molar-refractivity contribution in [1.82, 2.24) is 19.9 Å². The number of benzene rings is 1. The number of aromatic nitrogens is 1. The highest BCUT2D eigenvalue weighted by molar-refractivity contribution is 7.91. The number of nitrogens with one attached hydrogen (secondary N) is 2. The molecule has 0 bridgehead atoms. The number of fused-ring (bicyclic) bond motifs is 3. The minimum absolute atomic E-state index is 0. The van der Waals surface area contributed by atoms with Gasteiger partial charge in [-0.3, -0.25) is 19.1 Å². The lowest BCUT2D eigenvalue weighted by atomic mass is 9.91. The van der Waals surface area contributed by atoms with E-state index in [2.05, 4.69) is 46.8 Å². The Morgan fingerprint density at radius 1 is 1.12 bits per heavy atom. The highest BCUT2D eigenvalue weighted by Crippen LogP contribution is 2.42. The number of nitrogens with zero attached hydrogens (tertiary/aromatic N) is 2. The Morgan fingerprint density at radius 2 is 1.79 bits per heavy atom. The van der Waals surface area contributed by atoms with E-state index in [9.17, 15) is 40.8 Å². The molecule has 0 radical (unpaired) electrons. The fourth-order valence-electron chi connectivity index (χ4n) is 6.86. The molecule has 4 amide bonds. The number of primary amides is 1. The third-order valence-electron chi connectivity index (χ3n) is 10.7. The van der Waals surface area contributed by atoms with Gasteiger partial charge in [0.05, 0.1) is 24.1 Å². The van der Waals surface area contributed by atoms with E-state index >= 15 is 0 Å². The molecule has 0 spiro atoms. The number of nitrogens with two attached hydrogens (primary N) is 1. The number of rotatable bonds is 8. The van der Waals surface area contributed by atoms with Gasteiger partial charge in [-0.05, 0) is 90.0 Å². The molecular formula is C40H62F3N5O9S. The van der Waals surface area contributed by atoms with Gasteiger partial charge in [0.15, 0.2) is 0 Å². The van der Waals surface area contributed by atoms with Crippen LogP contribution in [0.1, 0.15) is 97.2 Å². The van der Waals surface area contributed by atoms with Crippen molar-refractivity contribution in [3.05, 3.63) is 42.6 Å². The summed E-state index contributed by atoms with van der Waals surface area (Å²) in [4.78, 5) is 52.9. The van der Waals surface area contributed by atoms with E-state index in [1.165, 1.54) is 0 Å². The average molecular weight is 846 g/mol. The van der Waals surface area contributed by atoms with Crippen LogP contribution in [0.3, 0.4) is 0 Å². The molecule has 328 valence electrons. The predicted octanol–water partition coefficient (Wildman–Crippen LogP) is 6.66. The van der Waals surface area contributed by atoms with E-state index in [1.54, 1.807) is 18.0 Å². The number of alkyl halides is 3. The zero-order valence-corrected chi connectivity index (χ0v) is 34.7. The fraction of sp³-hybridized carbons (Fsp3) is 0.625. The molecule has 3 fully saturated rings. The van der Waals surface area contributed by atoms with E-state index in [0.717, 1.165) is 56.1 Å². The molecule has 4 aliphatic rings. The zero-order valence-electron chi connectivity index (χ0n) is 33.8. The van der Waals surface area contributed by atoms with Crippen molar-refractivity contribution in [2.75, 3.05) is 13.2 Å². The lowest BCUT2D eigenvalue weighted by molar-refractivity contribution is -0.243. The molecule has 4 N–H and O–H groups in total. The largest absolute Gasteiger partial charge is 0.492 e. The number of halogens is 3. The Balaban J connectivity index is 0.000000642. The summed E-state index contributed by atoms with van der Waals surface area (Å²) in [6, 6.07) is 7.52. The lowest BCUT2D eigenvalue weighted by Gasteiger charge is -2.26. The molecule has 6 atom stereocenters. The summed E-state index contributed by atoms with van der Waals surface area (Å²) in [7, 11) is -3.35. The fourth-order valence-corrected chi connectivity index (χ4v) is 7.91. The Bertz CT molecular complexity index is 1940. The van der Waals surface area contributed by atoms with Gasteiger partial charge < -0.3 is 30.2 Å². The summed E-state index contributed by atoms with van der Waals surface area (Å²) in [5.74, 6) is 2.43. The second-order valence-electron chi connectivity index (χ2n) is 16.2. The third kappa shape index (κ3) is 12.2. The molecule has 18 heteroatoms. The Labute approximate surface area is 342 Å². The third-order valence-corrected chi connectivity index (χ3v) is 12.8. The van der Waals surface area contributed by atoms with E-state index in [0.29, 0.717) is 56.6 Å². The van der Waals surface area contributed by atoms with Crippen LogP contribution >= 0.6 is 0 Å². The molecule has 14 nitrogen and oxygen atoms in total. The monoisotopic (exact) mass is 845 g/mol. The van der Waals surface area contributed by atoms with E-state index in [-0.39, 0.29) is 40.6 Å². The van der Waals surface area contributed by atoms with Crippen LogP contribution in [0.5, 0.6) is 11.6 Å². The second-order valence-corrected chi connectivity index (χ2v) is 18.5. The summed E-state index contributed by atoms with van der Waals surface area (Å²) in [5, 5.41) is 5.00. The normalized spacial score (nSPS) is 26.3. The van der Waals surface area contributed by atoms with Crippen LogP contribution < -0.4 is 25.2 Å². The minimum Gasteiger partial charge on any atom is -0.492 e. The van der Waals surface area contributed by atoms with Crippen LogP contribution in [0.2, 0.25) is 0 Å². The number of hydrogen-bond acceptors (Lipinski definition) is 10. The van der Waals surface area contributed by atoms with E-state index < -0.39 is 38.7 Å². The summed E-state index contributed by atoms with van der Waals surface area (Å²) < 4.78 is 74.6. The Hall–Kier alpha value is -4.61. The number of hydrogen-bond donors (Lipinski definition) is 3. The molecule has 1 aromatic carbocycles. The van der Waals surface area contributed by atoms with Gasteiger partial charge in [0.2, 0.25) is 39.7 Å².